The van der Waals surface area contributed by atoms with Crippen molar-refractivity contribution in [3.05, 3.63) is 22.7 Å². The van der Waals surface area contributed by atoms with Gasteiger partial charge in [0, 0.05) is 11.5 Å². The molecule has 0 aromatic heterocycles. The van der Waals surface area contributed by atoms with E-state index in [1.54, 1.807) is 12.1 Å². The number of hydrogen-bond acceptors (Lipinski definition) is 3. The number of benzene rings is 1. The summed E-state index contributed by atoms with van der Waals surface area (Å²) >= 11 is 6.23. The van der Waals surface area contributed by atoms with Crippen LogP contribution in [0, 0.1) is 16.7 Å². The Morgan fingerprint density at radius 1 is 1.29 bits per heavy atom. The first kappa shape index (κ1) is 14.4. The maximum Gasteiger partial charge on any atom is 0.262 e. The molecule has 1 heterocycles. The third-order valence-electron chi connectivity index (χ3n) is 5.25. The quantitative estimate of drug-likeness (QED) is 0.850. The number of rotatable bonds is 2. The molecular formula is C16H18ClNO3. The average molecular weight is 308 g/mol. The highest BCUT2D eigenvalue weighted by atomic mass is 35.5. The molecule has 1 aliphatic carbocycles. The van der Waals surface area contributed by atoms with Crippen molar-refractivity contribution < 1.29 is 14.3 Å². The summed E-state index contributed by atoms with van der Waals surface area (Å²) in [4.78, 5) is 24.1. The smallest absolute Gasteiger partial charge is 0.262 e. The van der Waals surface area contributed by atoms with Gasteiger partial charge in [0.25, 0.3) is 5.91 Å². The maximum absolute atomic E-state index is 12.8. The topological polar surface area (TPSA) is 55.4 Å². The summed E-state index contributed by atoms with van der Waals surface area (Å²) in [5.74, 6) is 0.262. The first-order valence-electron chi connectivity index (χ1n) is 6.96. The van der Waals surface area contributed by atoms with Crippen molar-refractivity contribution in [2.75, 3.05) is 11.9 Å². The van der Waals surface area contributed by atoms with Gasteiger partial charge in [0.2, 0.25) is 0 Å². The lowest BCUT2D eigenvalue weighted by Crippen LogP contribution is -2.25. The Morgan fingerprint density at radius 2 is 1.90 bits per heavy atom. The molecule has 0 radical (unpaired) electrons. The number of Topliss-reactive ketones (excluding diaryl/α,β-unsaturated/α-hetero) is 1. The third kappa shape index (κ3) is 1.96. The summed E-state index contributed by atoms with van der Waals surface area (Å²) in [5.41, 5.74) is 0.897. The number of carbonyl (C=O) groups excluding carboxylic acids is 2. The molecular weight excluding hydrogens is 290 g/mol. The standard InChI is InChI=1S/C16H18ClNO3/c1-15(2)14(16(15,3)4)13(20)8-5-11-10(6-9(8)17)18-12(19)7-21-11/h5-6,14H,7H2,1-4H3,(H,18,19). The molecule has 0 spiro atoms. The van der Waals surface area contributed by atoms with Gasteiger partial charge < -0.3 is 10.1 Å². The molecule has 5 heteroatoms. The highest BCUT2D eigenvalue weighted by Gasteiger charge is 2.68. The molecule has 1 aliphatic heterocycles. The van der Waals surface area contributed by atoms with Gasteiger partial charge in [-0.25, -0.2) is 0 Å². The molecule has 0 saturated heterocycles. The summed E-state index contributed by atoms with van der Waals surface area (Å²) in [6.07, 6.45) is 0. The van der Waals surface area contributed by atoms with Gasteiger partial charge in [0.1, 0.15) is 5.75 Å². The van der Waals surface area contributed by atoms with Crippen LogP contribution in [0.2, 0.25) is 5.02 Å². The average Bonchev–Trinajstić information content (AvgIpc) is 2.78. The van der Waals surface area contributed by atoms with E-state index in [4.69, 9.17) is 16.3 Å². The molecule has 0 bridgehead atoms. The van der Waals surface area contributed by atoms with Crippen LogP contribution in [0.1, 0.15) is 38.1 Å². The number of anilines is 1. The lowest BCUT2D eigenvalue weighted by molar-refractivity contribution is -0.118. The molecule has 1 N–H and O–H groups in total. The predicted octanol–water partition coefficient (Wildman–Crippen LogP) is 3.54. The first-order chi connectivity index (χ1) is 9.66. The van der Waals surface area contributed by atoms with Crippen LogP contribution < -0.4 is 10.1 Å². The number of ketones is 1. The minimum atomic E-state index is -0.220. The summed E-state index contributed by atoms with van der Waals surface area (Å²) in [6.45, 7) is 8.34. The van der Waals surface area contributed by atoms with Crippen LogP contribution >= 0.6 is 11.6 Å². The molecule has 1 saturated carbocycles. The van der Waals surface area contributed by atoms with Gasteiger partial charge in [-0.15, -0.1) is 0 Å². The van der Waals surface area contributed by atoms with Crippen molar-refractivity contribution >= 4 is 29.0 Å². The van der Waals surface area contributed by atoms with Crippen molar-refractivity contribution in [3.8, 4) is 5.75 Å². The van der Waals surface area contributed by atoms with E-state index in [-0.39, 0.29) is 35.0 Å². The number of carbonyl (C=O) groups is 2. The summed E-state index contributed by atoms with van der Waals surface area (Å²) in [6, 6.07) is 3.23. The molecule has 4 nitrogen and oxygen atoms in total. The van der Waals surface area contributed by atoms with Crippen LogP contribution in [-0.4, -0.2) is 18.3 Å². The second kappa shape index (κ2) is 4.23. The van der Waals surface area contributed by atoms with Crippen molar-refractivity contribution in [2.45, 2.75) is 27.7 Å². The number of nitrogens with one attached hydrogen (secondary N) is 1. The van der Waals surface area contributed by atoms with Gasteiger partial charge in [-0.05, 0) is 23.0 Å². The zero-order valence-corrected chi connectivity index (χ0v) is 13.3. The Balaban J connectivity index is 1.97. The lowest BCUT2D eigenvalue weighted by atomic mass is 10.0. The fourth-order valence-corrected chi connectivity index (χ4v) is 3.55. The monoisotopic (exact) mass is 307 g/mol. The summed E-state index contributed by atoms with van der Waals surface area (Å²) < 4.78 is 5.36. The van der Waals surface area contributed by atoms with Crippen LogP contribution in [0.15, 0.2) is 12.1 Å². The number of hydrogen-bond donors (Lipinski definition) is 1. The Labute approximate surface area is 128 Å². The molecule has 21 heavy (non-hydrogen) atoms. The Kier molecular flexibility index (Phi) is 2.90. The summed E-state index contributed by atoms with van der Waals surface area (Å²) in [7, 11) is 0. The second-order valence-electron chi connectivity index (χ2n) is 6.91. The molecule has 1 aromatic carbocycles. The van der Waals surface area contributed by atoms with E-state index < -0.39 is 0 Å². The van der Waals surface area contributed by atoms with Crippen LogP contribution in [-0.2, 0) is 4.79 Å². The normalized spacial score (nSPS) is 22.0. The zero-order chi connectivity index (χ0) is 15.6. The first-order valence-corrected chi connectivity index (χ1v) is 7.34. The second-order valence-corrected chi connectivity index (χ2v) is 7.31. The van der Waals surface area contributed by atoms with Gasteiger partial charge >= 0.3 is 0 Å². The minimum Gasteiger partial charge on any atom is -0.482 e. The molecule has 112 valence electrons. The minimum absolute atomic E-state index is 0.0390. The summed E-state index contributed by atoms with van der Waals surface area (Å²) in [5, 5.41) is 3.03. The predicted molar refractivity (Wildman–Crippen MR) is 81.0 cm³/mol. The van der Waals surface area contributed by atoms with E-state index in [1.807, 2.05) is 0 Å². The molecule has 2 aliphatic rings. The highest BCUT2D eigenvalue weighted by molar-refractivity contribution is 6.34. The van der Waals surface area contributed by atoms with Gasteiger partial charge in [0.05, 0.1) is 10.7 Å². The van der Waals surface area contributed by atoms with Crippen molar-refractivity contribution in [2.24, 2.45) is 16.7 Å². The Morgan fingerprint density at radius 3 is 2.48 bits per heavy atom. The van der Waals surface area contributed by atoms with Gasteiger partial charge in [-0.2, -0.15) is 0 Å². The van der Waals surface area contributed by atoms with Gasteiger partial charge in [0.15, 0.2) is 12.4 Å². The zero-order valence-electron chi connectivity index (χ0n) is 12.5. The van der Waals surface area contributed by atoms with E-state index in [0.29, 0.717) is 22.0 Å². The van der Waals surface area contributed by atoms with Crippen LogP contribution in [0.4, 0.5) is 5.69 Å². The van der Waals surface area contributed by atoms with Crippen LogP contribution in [0.3, 0.4) is 0 Å². The Hall–Kier alpha value is -1.55. The number of fused-ring (bicyclic) bond motifs is 1. The van der Waals surface area contributed by atoms with E-state index >= 15 is 0 Å². The Bertz CT molecular complexity index is 650. The highest BCUT2D eigenvalue weighted by Crippen LogP contribution is 2.69. The molecule has 3 rings (SSSR count). The number of ether oxygens (including phenoxy) is 1. The van der Waals surface area contributed by atoms with Crippen molar-refractivity contribution in [3.63, 3.8) is 0 Å². The molecule has 1 fully saturated rings. The third-order valence-corrected chi connectivity index (χ3v) is 5.56. The van der Waals surface area contributed by atoms with Gasteiger partial charge in [-0.1, -0.05) is 39.3 Å². The number of amides is 1. The molecule has 1 aromatic rings. The van der Waals surface area contributed by atoms with E-state index in [2.05, 4.69) is 33.0 Å². The van der Waals surface area contributed by atoms with Crippen molar-refractivity contribution in [1.82, 2.24) is 0 Å². The largest absolute Gasteiger partial charge is 0.482 e. The van der Waals surface area contributed by atoms with E-state index in [9.17, 15) is 9.59 Å². The SMILES string of the molecule is CC1(C)C(C(=O)c2cc3c(cc2Cl)NC(=O)CO3)C1(C)C. The molecule has 1 amide bonds. The lowest BCUT2D eigenvalue weighted by Gasteiger charge is -2.19. The van der Waals surface area contributed by atoms with E-state index in [1.165, 1.54) is 0 Å². The van der Waals surface area contributed by atoms with Crippen molar-refractivity contribution in [1.29, 1.82) is 0 Å². The van der Waals surface area contributed by atoms with Gasteiger partial charge in [-0.3, -0.25) is 9.59 Å². The number of halogens is 1. The van der Waals surface area contributed by atoms with E-state index in [0.717, 1.165) is 0 Å². The molecule has 0 atom stereocenters. The maximum atomic E-state index is 12.8. The fourth-order valence-electron chi connectivity index (χ4n) is 3.30. The van der Waals surface area contributed by atoms with Crippen LogP contribution in [0.5, 0.6) is 5.75 Å². The van der Waals surface area contributed by atoms with Crippen LogP contribution in [0.25, 0.3) is 0 Å². The molecule has 0 unspecified atom stereocenters. The fraction of sp³-hybridized carbons (Fsp3) is 0.500.